The van der Waals surface area contributed by atoms with E-state index in [0.717, 1.165) is 17.1 Å². The molecule has 0 atom stereocenters. The van der Waals surface area contributed by atoms with Crippen LogP contribution in [0.5, 0.6) is 0 Å². The first kappa shape index (κ1) is 14.3. The highest BCUT2D eigenvalue weighted by atomic mass is 16.1. The van der Waals surface area contributed by atoms with Gasteiger partial charge in [0.05, 0.1) is 17.9 Å². The van der Waals surface area contributed by atoms with Crippen LogP contribution in [0.15, 0.2) is 47.5 Å². The van der Waals surface area contributed by atoms with Crippen LogP contribution >= 0.6 is 0 Å². The quantitative estimate of drug-likeness (QED) is 0.563. The molecule has 4 rings (SSSR count). The molecule has 0 unspecified atom stereocenters. The Morgan fingerprint density at radius 2 is 1.96 bits per heavy atom. The van der Waals surface area contributed by atoms with E-state index in [1.54, 1.807) is 9.36 Å². The molecule has 24 heavy (non-hydrogen) atoms. The van der Waals surface area contributed by atoms with Gasteiger partial charge in [-0.3, -0.25) is 14.0 Å². The molecule has 3 heterocycles. The lowest BCUT2D eigenvalue weighted by molar-refractivity contribution is 0.678. The fourth-order valence-electron chi connectivity index (χ4n) is 2.59. The molecule has 0 bridgehead atoms. The van der Waals surface area contributed by atoms with E-state index < -0.39 is 0 Å². The van der Waals surface area contributed by atoms with Gasteiger partial charge in [0.1, 0.15) is 6.33 Å². The van der Waals surface area contributed by atoms with Crippen molar-refractivity contribution in [3.8, 4) is 5.69 Å². The van der Waals surface area contributed by atoms with E-state index in [-0.39, 0.29) is 11.1 Å². The largest absolute Gasteiger partial charge is 0.291 e. The van der Waals surface area contributed by atoms with Crippen molar-refractivity contribution in [1.82, 2.24) is 34.3 Å². The van der Waals surface area contributed by atoms with Crippen LogP contribution < -0.4 is 5.56 Å². The van der Waals surface area contributed by atoms with Crippen LogP contribution in [0, 0.1) is 6.92 Å². The van der Waals surface area contributed by atoms with Crippen LogP contribution in [0.3, 0.4) is 0 Å². The van der Waals surface area contributed by atoms with Crippen molar-refractivity contribution < 1.29 is 0 Å². The Balaban J connectivity index is 1.78. The predicted molar refractivity (Wildman–Crippen MR) is 88.0 cm³/mol. The summed E-state index contributed by atoms with van der Waals surface area (Å²) >= 11 is 0. The average molecular weight is 321 g/mol. The van der Waals surface area contributed by atoms with Crippen molar-refractivity contribution in [3.63, 3.8) is 0 Å². The number of para-hydroxylation sites is 1. The summed E-state index contributed by atoms with van der Waals surface area (Å²) in [6.07, 6.45) is 1.51. The Morgan fingerprint density at radius 3 is 2.67 bits per heavy atom. The Bertz CT molecular complexity index is 1060. The molecule has 3 aromatic heterocycles. The summed E-state index contributed by atoms with van der Waals surface area (Å²) in [7, 11) is 1.87. The van der Waals surface area contributed by atoms with Crippen LogP contribution in [0.25, 0.3) is 16.9 Å². The summed E-state index contributed by atoms with van der Waals surface area (Å²) in [6.45, 7) is 2.31. The molecular formula is C16H15N7O. The third kappa shape index (κ3) is 2.28. The van der Waals surface area contributed by atoms with E-state index in [2.05, 4.69) is 20.4 Å². The molecule has 4 aromatic rings. The summed E-state index contributed by atoms with van der Waals surface area (Å²) in [6, 6.07) is 11.4. The van der Waals surface area contributed by atoms with Crippen molar-refractivity contribution in [2.45, 2.75) is 13.5 Å². The molecule has 0 fully saturated rings. The van der Waals surface area contributed by atoms with Gasteiger partial charge in [0.15, 0.2) is 11.2 Å². The molecule has 120 valence electrons. The molecule has 0 aliphatic heterocycles. The summed E-state index contributed by atoms with van der Waals surface area (Å²) in [5, 5.41) is 12.4. The zero-order chi connectivity index (χ0) is 16.7. The number of benzene rings is 1. The normalized spacial score (nSPS) is 11.2. The Labute approximate surface area is 137 Å². The topological polar surface area (TPSA) is 83.4 Å². The molecule has 8 heteroatoms. The van der Waals surface area contributed by atoms with Gasteiger partial charge in [0.2, 0.25) is 0 Å². The smallest absolute Gasteiger partial charge is 0.283 e. The summed E-state index contributed by atoms with van der Waals surface area (Å²) in [5.74, 6) is 0. The van der Waals surface area contributed by atoms with Gasteiger partial charge in [-0.1, -0.05) is 23.4 Å². The average Bonchev–Trinajstić information content (AvgIpc) is 3.15. The standard InChI is InChI=1S/C16H15N7O/c1-11-8-12(19-21(11)2)9-22-10-17-15-14(16(22)24)18-20-23(15)13-6-4-3-5-7-13/h3-8,10H,9H2,1-2H3. The van der Waals surface area contributed by atoms with E-state index in [4.69, 9.17) is 0 Å². The highest BCUT2D eigenvalue weighted by molar-refractivity contribution is 5.70. The van der Waals surface area contributed by atoms with Crippen molar-refractivity contribution in [2.24, 2.45) is 7.05 Å². The molecule has 0 saturated carbocycles. The number of hydrogen-bond donors (Lipinski definition) is 0. The first-order valence-electron chi connectivity index (χ1n) is 7.49. The SMILES string of the molecule is Cc1cc(Cn2cnc3c(nnn3-c3ccccc3)c2=O)nn1C. The van der Waals surface area contributed by atoms with Gasteiger partial charge in [-0.25, -0.2) is 4.98 Å². The van der Waals surface area contributed by atoms with E-state index in [9.17, 15) is 4.79 Å². The van der Waals surface area contributed by atoms with Crippen LogP contribution in [-0.2, 0) is 13.6 Å². The van der Waals surface area contributed by atoms with Gasteiger partial charge < -0.3 is 0 Å². The lowest BCUT2D eigenvalue weighted by atomic mass is 10.3. The second-order valence-electron chi connectivity index (χ2n) is 5.59. The molecule has 0 saturated heterocycles. The number of hydrogen-bond acceptors (Lipinski definition) is 5. The Kier molecular flexibility index (Phi) is 3.23. The van der Waals surface area contributed by atoms with Gasteiger partial charge in [0, 0.05) is 12.7 Å². The zero-order valence-corrected chi connectivity index (χ0v) is 13.3. The van der Waals surface area contributed by atoms with E-state index >= 15 is 0 Å². The zero-order valence-electron chi connectivity index (χ0n) is 13.3. The Morgan fingerprint density at radius 1 is 1.17 bits per heavy atom. The van der Waals surface area contributed by atoms with Crippen molar-refractivity contribution >= 4 is 11.2 Å². The number of rotatable bonds is 3. The molecule has 0 spiro atoms. The van der Waals surface area contributed by atoms with E-state index in [1.807, 2.05) is 50.4 Å². The first-order valence-corrected chi connectivity index (χ1v) is 7.49. The number of aromatic nitrogens is 7. The lowest BCUT2D eigenvalue weighted by Gasteiger charge is -2.03. The third-order valence-corrected chi connectivity index (χ3v) is 3.93. The second kappa shape index (κ2) is 5.41. The molecule has 0 amide bonds. The highest BCUT2D eigenvalue weighted by Crippen LogP contribution is 2.11. The predicted octanol–water partition coefficient (Wildman–Crippen LogP) is 1.07. The fraction of sp³-hybridized carbons (Fsp3) is 0.188. The van der Waals surface area contributed by atoms with Crippen LogP contribution in [0.1, 0.15) is 11.4 Å². The first-order chi connectivity index (χ1) is 11.6. The minimum Gasteiger partial charge on any atom is -0.291 e. The summed E-state index contributed by atoms with van der Waals surface area (Å²) in [5.41, 5.74) is 3.10. The van der Waals surface area contributed by atoms with Crippen molar-refractivity contribution in [2.75, 3.05) is 0 Å². The number of aryl methyl sites for hydroxylation is 2. The number of fused-ring (bicyclic) bond motifs is 1. The Hall–Kier alpha value is -3.29. The van der Waals surface area contributed by atoms with Crippen molar-refractivity contribution in [3.05, 3.63) is 64.5 Å². The lowest BCUT2D eigenvalue weighted by Crippen LogP contribution is -2.21. The molecule has 0 N–H and O–H groups in total. The molecular weight excluding hydrogens is 306 g/mol. The molecule has 8 nitrogen and oxygen atoms in total. The number of nitrogens with zero attached hydrogens (tertiary/aromatic N) is 7. The minimum absolute atomic E-state index is 0.231. The maximum Gasteiger partial charge on any atom is 0.283 e. The van der Waals surface area contributed by atoms with E-state index in [1.165, 1.54) is 10.9 Å². The van der Waals surface area contributed by atoms with Gasteiger partial charge in [0.25, 0.3) is 5.56 Å². The molecule has 0 radical (unpaired) electrons. The maximum absolute atomic E-state index is 12.6. The van der Waals surface area contributed by atoms with Crippen LogP contribution in [0.4, 0.5) is 0 Å². The van der Waals surface area contributed by atoms with Crippen LogP contribution in [0.2, 0.25) is 0 Å². The molecule has 1 aromatic carbocycles. The highest BCUT2D eigenvalue weighted by Gasteiger charge is 2.14. The van der Waals surface area contributed by atoms with Gasteiger partial charge in [-0.2, -0.15) is 9.78 Å². The summed E-state index contributed by atoms with van der Waals surface area (Å²) < 4.78 is 4.83. The summed E-state index contributed by atoms with van der Waals surface area (Å²) in [4.78, 5) is 17.0. The van der Waals surface area contributed by atoms with Crippen LogP contribution in [-0.4, -0.2) is 34.3 Å². The van der Waals surface area contributed by atoms with Gasteiger partial charge in [-0.05, 0) is 25.1 Å². The second-order valence-corrected chi connectivity index (χ2v) is 5.59. The third-order valence-electron chi connectivity index (χ3n) is 3.93. The maximum atomic E-state index is 12.6. The molecule has 0 aliphatic carbocycles. The minimum atomic E-state index is -0.231. The van der Waals surface area contributed by atoms with Crippen molar-refractivity contribution in [1.29, 1.82) is 0 Å². The van der Waals surface area contributed by atoms with Gasteiger partial charge in [-0.15, -0.1) is 5.10 Å². The fourth-order valence-corrected chi connectivity index (χ4v) is 2.59. The monoisotopic (exact) mass is 321 g/mol. The molecule has 0 aliphatic rings. The van der Waals surface area contributed by atoms with Gasteiger partial charge >= 0.3 is 0 Å². The van der Waals surface area contributed by atoms with E-state index in [0.29, 0.717) is 12.2 Å².